The highest BCUT2D eigenvalue weighted by atomic mass is 35.5. The van der Waals surface area contributed by atoms with Gasteiger partial charge in [-0.15, -0.1) is 0 Å². The lowest BCUT2D eigenvalue weighted by molar-refractivity contribution is -0.137. The third-order valence-corrected chi connectivity index (χ3v) is 2.69. The normalized spacial score (nSPS) is 10.9. The van der Waals surface area contributed by atoms with E-state index in [4.69, 9.17) is 16.7 Å². The Balaban J connectivity index is 2.43. The fourth-order valence-corrected chi connectivity index (χ4v) is 1.88. The lowest BCUT2D eigenvalue weighted by Gasteiger charge is -2.04. The second kappa shape index (κ2) is 4.14. The first kappa shape index (κ1) is 11.0. The third-order valence-electron chi connectivity index (χ3n) is 2.45. The van der Waals surface area contributed by atoms with Crippen LogP contribution in [0.5, 0.6) is 0 Å². The summed E-state index contributed by atoms with van der Waals surface area (Å²) in [6, 6.07) is 5.42. The Kier molecular flexibility index (Phi) is 2.83. The summed E-state index contributed by atoms with van der Waals surface area (Å²) in [5, 5.41) is 9.30. The Hall–Kier alpha value is -1.55. The summed E-state index contributed by atoms with van der Waals surface area (Å²) in [7, 11) is 0. The molecular weight excluding hydrogens is 228 g/mol. The van der Waals surface area contributed by atoms with Crippen molar-refractivity contribution in [2.45, 2.75) is 19.9 Å². The third kappa shape index (κ3) is 2.02. The van der Waals surface area contributed by atoms with Crippen molar-refractivity contribution in [3.05, 3.63) is 29.0 Å². The number of carboxylic acid groups (broad SMARTS) is 1. The van der Waals surface area contributed by atoms with E-state index in [0.29, 0.717) is 11.6 Å². The molecule has 2 aromatic rings. The number of rotatable bonds is 3. The SMILES string of the molecule is Cc1nc2cc(Cl)ccc2n1CCC(=O)O. The largest absolute Gasteiger partial charge is 0.481 e. The van der Waals surface area contributed by atoms with E-state index in [-0.39, 0.29) is 6.42 Å². The smallest absolute Gasteiger partial charge is 0.305 e. The van der Waals surface area contributed by atoms with Crippen molar-refractivity contribution >= 4 is 28.6 Å². The van der Waals surface area contributed by atoms with Gasteiger partial charge in [0, 0.05) is 11.6 Å². The van der Waals surface area contributed by atoms with Gasteiger partial charge < -0.3 is 9.67 Å². The van der Waals surface area contributed by atoms with Gasteiger partial charge in [0.05, 0.1) is 17.5 Å². The van der Waals surface area contributed by atoms with Crippen molar-refractivity contribution in [1.29, 1.82) is 0 Å². The summed E-state index contributed by atoms with van der Waals surface area (Å²) >= 11 is 5.86. The molecule has 5 heteroatoms. The minimum Gasteiger partial charge on any atom is -0.481 e. The topological polar surface area (TPSA) is 55.1 Å². The highest BCUT2D eigenvalue weighted by molar-refractivity contribution is 6.31. The van der Waals surface area contributed by atoms with Crippen LogP contribution in [-0.4, -0.2) is 20.6 Å². The Bertz CT molecular complexity index is 548. The zero-order valence-corrected chi connectivity index (χ0v) is 9.53. The van der Waals surface area contributed by atoms with Crippen molar-refractivity contribution < 1.29 is 9.90 Å². The molecular formula is C11H11ClN2O2. The summed E-state index contributed by atoms with van der Waals surface area (Å²) in [6.07, 6.45) is 0.0922. The van der Waals surface area contributed by atoms with E-state index in [1.165, 1.54) is 0 Å². The lowest BCUT2D eigenvalue weighted by atomic mass is 10.3. The first-order valence-electron chi connectivity index (χ1n) is 4.92. The fourth-order valence-electron chi connectivity index (χ4n) is 1.71. The van der Waals surface area contributed by atoms with Gasteiger partial charge in [-0.05, 0) is 25.1 Å². The van der Waals surface area contributed by atoms with Crippen LogP contribution >= 0.6 is 11.6 Å². The van der Waals surface area contributed by atoms with Crippen molar-refractivity contribution in [2.24, 2.45) is 0 Å². The number of carboxylic acids is 1. The number of hydrogen-bond acceptors (Lipinski definition) is 2. The Morgan fingerprint density at radius 1 is 1.56 bits per heavy atom. The second-order valence-corrected chi connectivity index (χ2v) is 4.02. The maximum absolute atomic E-state index is 10.5. The number of nitrogens with zero attached hydrogens (tertiary/aromatic N) is 2. The molecule has 1 N–H and O–H groups in total. The van der Waals surface area contributed by atoms with Crippen LogP contribution in [0.3, 0.4) is 0 Å². The van der Waals surface area contributed by atoms with Gasteiger partial charge >= 0.3 is 5.97 Å². The molecule has 0 atom stereocenters. The van der Waals surface area contributed by atoms with Crippen LogP contribution in [-0.2, 0) is 11.3 Å². The van der Waals surface area contributed by atoms with E-state index in [1.807, 2.05) is 17.6 Å². The molecule has 1 aromatic carbocycles. The Morgan fingerprint density at radius 3 is 3.00 bits per heavy atom. The molecule has 0 spiro atoms. The number of hydrogen-bond donors (Lipinski definition) is 1. The van der Waals surface area contributed by atoms with Gasteiger partial charge in [0.25, 0.3) is 0 Å². The van der Waals surface area contributed by atoms with Crippen LogP contribution in [0.1, 0.15) is 12.2 Å². The van der Waals surface area contributed by atoms with E-state index >= 15 is 0 Å². The number of aliphatic carboxylic acids is 1. The van der Waals surface area contributed by atoms with Crippen LogP contribution in [0.2, 0.25) is 5.02 Å². The van der Waals surface area contributed by atoms with E-state index in [1.54, 1.807) is 12.1 Å². The second-order valence-electron chi connectivity index (χ2n) is 3.59. The number of halogens is 1. The predicted octanol–water partition coefficient (Wildman–Crippen LogP) is 2.47. The average molecular weight is 239 g/mol. The van der Waals surface area contributed by atoms with Gasteiger partial charge in [0.1, 0.15) is 5.82 Å². The summed E-state index contributed by atoms with van der Waals surface area (Å²) in [5.74, 6) is -0.00581. The zero-order valence-electron chi connectivity index (χ0n) is 8.77. The van der Waals surface area contributed by atoms with E-state index in [0.717, 1.165) is 16.9 Å². The number of fused-ring (bicyclic) bond motifs is 1. The van der Waals surface area contributed by atoms with Gasteiger partial charge in [0.2, 0.25) is 0 Å². The van der Waals surface area contributed by atoms with Crippen molar-refractivity contribution in [2.75, 3.05) is 0 Å². The number of imidazole rings is 1. The molecule has 2 rings (SSSR count). The molecule has 16 heavy (non-hydrogen) atoms. The quantitative estimate of drug-likeness (QED) is 0.894. The molecule has 0 aliphatic rings. The van der Waals surface area contributed by atoms with Crippen LogP contribution < -0.4 is 0 Å². The van der Waals surface area contributed by atoms with Crippen molar-refractivity contribution in [3.63, 3.8) is 0 Å². The first-order valence-corrected chi connectivity index (χ1v) is 5.30. The molecule has 0 aliphatic carbocycles. The molecule has 0 bridgehead atoms. The van der Waals surface area contributed by atoms with Gasteiger partial charge in [0.15, 0.2) is 0 Å². The summed E-state index contributed by atoms with van der Waals surface area (Å²) in [6.45, 7) is 2.29. The van der Waals surface area contributed by atoms with Crippen LogP contribution in [0.4, 0.5) is 0 Å². The first-order chi connectivity index (χ1) is 7.58. The lowest BCUT2D eigenvalue weighted by Crippen LogP contribution is -2.05. The van der Waals surface area contributed by atoms with Crippen LogP contribution in [0.15, 0.2) is 18.2 Å². The van der Waals surface area contributed by atoms with Gasteiger partial charge in [-0.1, -0.05) is 11.6 Å². The molecule has 1 heterocycles. The number of aromatic nitrogens is 2. The van der Waals surface area contributed by atoms with Gasteiger partial charge in [-0.25, -0.2) is 4.98 Å². The van der Waals surface area contributed by atoms with E-state index in [2.05, 4.69) is 4.98 Å². The number of carbonyl (C=O) groups is 1. The molecule has 0 fully saturated rings. The van der Waals surface area contributed by atoms with E-state index in [9.17, 15) is 4.79 Å². The molecule has 0 saturated carbocycles. The summed E-state index contributed by atoms with van der Waals surface area (Å²) in [5.41, 5.74) is 1.72. The molecule has 0 saturated heterocycles. The molecule has 0 radical (unpaired) electrons. The fraction of sp³-hybridized carbons (Fsp3) is 0.273. The predicted molar refractivity (Wildman–Crippen MR) is 61.7 cm³/mol. The highest BCUT2D eigenvalue weighted by Gasteiger charge is 2.08. The molecule has 0 aliphatic heterocycles. The average Bonchev–Trinajstić information content (AvgIpc) is 2.50. The standard InChI is InChI=1S/C11H11ClN2O2/c1-7-13-9-6-8(12)2-3-10(9)14(7)5-4-11(15)16/h2-3,6H,4-5H2,1H3,(H,15,16). The molecule has 0 unspecified atom stereocenters. The monoisotopic (exact) mass is 238 g/mol. The van der Waals surface area contributed by atoms with Crippen molar-refractivity contribution in [1.82, 2.24) is 9.55 Å². The van der Waals surface area contributed by atoms with Crippen LogP contribution in [0, 0.1) is 6.92 Å². The zero-order chi connectivity index (χ0) is 11.7. The maximum atomic E-state index is 10.5. The molecule has 0 amide bonds. The molecule has 4 nitrogen and oxygen atoms in total. The van der Waals surface area contributed by atoms with Gasteiger partial charge in [-0.3, -0.25) is 4.79 Å². The maximum Gasteiger partial charge on any atom is 0.305 e. The Morgan fingerprint density at radius 2 is 2.31 bits per heavy atom. The summed E-state index contributed by atoms with van der Waals surface area (Å²) < 4.78 is 1.89. The van der Waals surface area contributed by atoms with Crippen LogP contribution in [0.25, 0.3) is 11.0 Å². The molecule has 84 valence electrons. The number of benzene rings is 1. The minimum atomic E-state index is -0.810. The molecule has 1 aromatic heterocycles. The van der Waals surface area contributed by atoms with Gasteiger partial charge in [-0.2, -0.15) is 0 Å². The van der Waals surface area contributed by atoms with Crippen molar-refractivity contribution in [3.8, 4) is 0 Å². The highest BCUT2D eigenvalue weighted by Crippen LogP contribution is 2.20. The number of aryl methyl sites for hydroxylation is 2. The minimum absolute atomic E-state index is 0.0922. The Labute approximate surface area is 97.5 Å². The van der Waals surface area contributed by atoms with E-state index < -0.39 is 5.97 Å². The summed E-state index contributed by atoms with van der Waals surface area (Å²) in [4.78, 5) is 14.9.